The molecule has 1 aliphatic rings. The van der Waals surface area contributed by atoms with Gasteiger partial charge in [0, 0.05) is 11.6 Å². The summed E-state index contributed by atoms with van der Waals surface area (Å²) in [6.45, 7) is 0. The molecule has 1 fully saturated rings. The SMILES string of the molecule is CSc1nc(C(=O)O)cc(C2CCC2)n1. The molecule has 1 heterocycles. The first kappa shape index (κ1) is 10.4. The predicted octanol–water partition coefficient (Wildman–Crippen LogP) is 2.16. The number of hydrogen-bond donors (Lipinski definition) is 1. The molecular weight excluding hydrogens is 212 g/mol. The van der Waals surface area contributed by atoms with Gasteiger partial charge < -0.3 is 5.11 Å². The van der Waals surface area contributed by atoms with E-state index in [-0.39, 0.29) is 5.69 Å². The highest BCUT2D eigenvalue weighted by atomic mass is 32.2. The van der Waals surface area contributed by atoms with E-state index in [1.807, 2.05) is 6.26 Å². The van der Waals surface area contributed by atoms with Gasteiger partial charge in [-0.25, -0.2) is 14.8 Å². The Morgan fingerprint density at radius 3 is 2.73 bits per heavy atom. The maximum atomic E-state index is 10.9. The predicted molar refractivity (Wildman–Crippen MR) is 57.4 cm³/mol. The van der Waals surface area contributed by atoms with Gasteiger partial charge >= 0.3 is 5.97 Å². The van der Waals surface area contributed by atoms with Crippen molar-refractivity contribution in [2.45, 2.75) is 30.3 Å². The molecule has 0 spiro atoms. The van der Waals surface area contributed by atoms with Crippen molar-refractivity contribution >= 4 is 17.7 Å². The van der Waals surface area contributed by atoms with Crippen molar-refractivity contribution in [1.82, 2.24) is 9.97 Å². The fraction of sp³-hybridized carbons (Fsp3) is 0.500. The number of aromatic carboxylic acids is 1. The molecule has 0 unspecified atom stereocenters. The number of thioether (sulfide) groups is 1. The van der Waals surface area contributed by atoms with Gasteiger partial charge in [-0.05, 0) is 25.2 Å². The number of rotatable bonds is 3. The van der Waals surface area contributed by atoms with Crippen LogP contribution in [0.5, 0.6) is 0 Å². The smallest absolute Gasteiger partial charge is 0.354 e. The van der Waals surface area contributed by atoms with Crippen molar-refractivity contribution < 1.29 is 9.90 Å². The Labute approximate surface area is 92.1 Å². The molecule has 2 rings (SSSR count). The van der Waals surface area contributed by atoms with Gasteiger partial charge in [-0.1, -0.05) is 18.2 Å². The molecule has 15 heavy (non-hydrogen) atoms. The standard InChI is InChI=1S/C10H12N2O2S/c1-15-10-11-7(6-3-2-4-6)5-8(12-10)9(13)14/h5-6H,2-4H2,1H3,(H,13,14). The molecule has 1 N–H and O–H groups in total. The Kier molecular flexibility index (Phi) is 2.90. The van der Waals surface area contributed by atoms with Crippen molar-refractivity contribution in [3.05, 3.63) is 17.5 Å². The summed E-state index contributed by atoms with van der Waals surface area (Å²) in [5.74, 6) is -0.537. The first-order valence-electron chi connectivity index (χ1n) is 4.87. The van der Waals surface area contributed by atoms with E-state index in [4.69, 9.17) is 5.11 Å². The van der Waals surface area contributed by atoms with Gasteiger partial charge in [0.2, 0.25) is 0 Å². The molecule has 0 radical (unpaired) electrons. The average Bonchev–Trinajstić information content (AvgIpc) is 2.14. The van der Waals surface area contributed by atoms with E-state index in [0.29, 0.717) is 11.1 Å². The van der Waals surface area contributed by atoms with Crippen LogP contribution < -0.4 is 0 Å². The van der Waals surface area contributed by atoms with Gasteiger partial charge in [0.05, 0.1) is 0 Å². The minimum Gasteiger partial charge on any atom is -0.477 e. The zero-order chi connectivity index (χ0) is 10.8. The maximum absolute atomic E-state index is 10.9. The molecule has 4 nitrogen and oxygen atoms in total. The second kappa shape index (κ2) is 4.18. The lowest BCUT2D eigenvalue weighted by molar-refractivity contribution is 0.0689. The van der Waals surface area contributed by atoms with E-state index in [1.54, 1.807) is 6.07 Å². The molecule has 0 aliphatic heterocycles. The summed E-state index contributed by atoms with van der Waals surface area (Å²) in [4.78, 5) is 19.1. The maximum Gasteiger partial charge on any atom is 0.354 e. The van der Waals surface area contributed by atoms with Crippen LogP contribution in [-0.2, 0) is 0 Å². The highest BCUT2D eigenvalue weighted by Crippen LogP contribution is 2.35. The number of carbonyl (C=O) groups is 1. The normalized spacial score (nSPS) is 16.1. The summed E-state index contributed by atoms with van der Waals surface area (Å²) in [6.07, 6.45) is 5.30. The van der Waals surface area contributed by atoms with Crippen molar-refractivity contribution in [2.24, 2.45) is 0 Å². The van der Waals surface area contributed by atoms with Crippen LogP contribution in [0.4, 0.5) is 0 Å². The highest BCUT2D eigenvalue weighted by Gasteiger charge is 2.23. The second-order valence-corrected chi connectivity index (χ2v) is 4.37. The zero-order valence-electron chi connectivity index (χ0n) is 8.43. The fourth-order valence-corrected chi connectivity index (χ4v) is 1.94. The second-order valence-electron chi connectivity index (χ2n) is 3.60. The quantitative estimate of drug-likeness (QED) is 0.629. The summed E-state index contributed by atoms with van der Waals surface area (Å²) in [5.41, 5.74) is 0.995. The summed E-state index contributed by atoms with van der Waals surface area (Å²) >= 11 is 1.38. The van der Waals surface area contributed by atoms with Crippen LogP contribution in [-0.4, -0.2) is 27.3 Å². The summed E-state index contributed by atoms with van der Waals surface area (Å²) in [7, 11) is 0. The molecule has 0 atom stereocenters. The van der Waals surface area contributed by atoms with Gasteiger partial charge in [-0.2, -0.15) is 0 Å². The number of hydrogen-bond acceptors (Lipinski definition) is 4. The molecule has 0 bridgehead atoms. The molecular formula is C10H12N2O2S. The molecule has 1 aromatic rings. The molecule has 0 saturated heterocycles. The van der Waals surface area contributed by atoms with E-state index in [1.165, 1.54) is 18.2 Å². The van der Waals surface area contributed by atoms with Crippen LogP contribution in [0.1, 0.15) is 41.4 Å². The van der Waals surface area contributed by atoms with Crippen LogP contribution in [0, 0.1) is 0 Å². The van der Waals surface area contributed by atoms with Crippen LogP contribution in [0.25, 0.3) is 0 Å². The van der Waals surface area contributed by atoms with E-state index in [9.17, 15) is 4.79 Å². The van der Waals surface area contributed by atoms with E-state index < -0.39 is 5.97 Å². The third-order valence-corrected chi connectivity index (χ3v) is 3.20. The van der Waals surface area contributed by atoms with E-state index in [2.05, 4.69) is 9.97 Å². The van der Waals surface area contributed by atoms with Crippen molar-refractivity contribution in [3.63, 3.8) is 0 Å². The first-order valence-corrected chi connectivity index (χ1v) is 6.09. The molecule has 5 heteroatoms. The Morgan fingerprint density at radius 2 is 2.27 bits per heavy atom. The summed E-state index contributed by atoms with van der Waals surface area (Å²) < 4.78 is 0. The van der Waals surface area contributed by atoms with Crippen molar-refractivity contribution in [1.29, 1.82) is 0 Å². The lowest BCUT2D eigenvalue weighted by Gasteiger charge is -2.24. The molecule has 1 aliphatic carbocycles. The molecule has 80 valence electrons. The number of carboxylic acids is 1. The number of aromatic nitrogens is 2. The monoisotopic (exact) mass is 224 g/mol. The van der Waals surface area contributed by atoms with Crippen molar-refractivity contribution in [2.75, 3.05) is 6.26 Å². The van der Waals surface area contributed by atoms with Gasteiger partial charge in [0.25, 0.3) is 0 Å². The van der Waals surface area contributed by atoms with E-state index >= 15 is 0 Å². The van der Waals surface area contributed by atoms with Gasteiger partial charge in [0.15, 0.2) is 10.9 Å². The van der Waals surface area contributed by atoms with Crippen molar-refractivity contribution in [3.8, 4) is 0 Å². The number of carboxylic acid groups (broad SMARTS) is 1. The molecule has 1 saturated carbocycles. The largest absolute Gasteiger partial charge is 0.477 e. The Balaban J connectivity index is 2.36. The van der Waals surface area contributed by atoms with E-state index in [0.717, 1.165) is 18.5 Å². The minimum absolute atomic E-state index is 0.108. The Morgan fingerprint density at radius 1 is 1.53 bits per heavy atom. The highest BCUT2D eigenvalue weighted by molar-refractivity contribution is 7.98. The first-order chi connectivity index (χ1) is 7.20. The average molecular weight is 224 g/mol. The Hall–Kier alpha value is -1.10. The van der Waals surface area contributed by atoms with Gasteiger partial charge in [0.1, 0.15) is 0 Å². The lowest BCUT2D eigenvalue weighted by Crippen LogP contribution is -2.13. The molecule has 0 aromatic carbocycles. The molecule has 0 amide bonds. The minimum atomic E-state index is -0.978. The summed E-state index contributed by atoms with van der Waals surface area (Å²) in [5, 5.41) is 9.45. The zero-order valence-corrected chi connectivity index (χ0v) is 9.25. The van der Waals surface area contributed by atoms with Gasteiger partial charge in [-0.3, -0.25) is 0 Å². The van der Waals surface area contributed by atoms with Crippen LogP contribution in [0.3, 0.4) is 0 Å². The third-order valence-electron chi connectivity index (χ3n) is 2.65. The fourth-order valence-electron chi connectivity index (χ4n) is 1.56. The Bertz CT molecular complexity index is 391. The van der Waals surface area contributed by atoms with Gasteiger partial charge in [-0.15, -0.1) is 0 Å². The summed E-state index contributed by atoms with van der Waals surface area (Å²) in [6, 6.07) is 1.60. The third kappa shape index (κ3) is 2.12. The van der Waals surface area contributed by atoms with Crippen LogP contribution >= 0.6 is 11.8 Å². The lowest BCUT2D eigenvalue weighted by atomic mass is 9.83. The molecule has 1 aromatic heterocycles. The van der Waals surface area contributed by atoms with Crippen LogP contribution in [0.15, 0.2) is 11.2 Å². The van der Waals surface area contributed by atoms with Crippen LogP contribution in [0.2, 0.25) is 0 Å². The topological polar surface area (TPSA) is 63.1 Å². The number of nitrogens with zero attached hydrogens (tertiary/aromatic N) is 2.